The molecule has 1 amide bonds. The first-order valence-corrected chi connectivity index (χ1v) is 13.1. The number of carbonyl (C=O) groups is 1. The van der Waals surface area contributed by atoms with E-state index in [2.05, 4.69) is 20.1 Å². The van der Waals surface area contributed by atoms with Crippen LogP contribution >= 0.6 is 0 Å². The zero-order valence-corrected chi connectivity index (χ0v) is 20.9. The number of hydrogen-bond acceptors (Lipinski definition) is 7. The van der Waals surface area contributed by atoms with Crippen molar-refractivity contribution < 1.29 is 18.4 Å². The molecule has 1 aromatic carbocycles. The van der Waals surface area contributed by atoms with Gasteiger partial charge in [0.2, 0.25) is 11.8 Å². The van der Waals surface area contributed by atoms with Crippen LogP contribution in [0.4, 0.5) is 4.39 Å². The zero-order chi connectivity index (χ0) is 24.8. The molecule has 10 heteroatoms. The van der Waals surface area contributed by atoms with Crippen molar-refractivity contribution in [2.24, 2.45) is 5.92 Å². The topological polar surface area (TPSA) is 89.5 Å². The minimum atomic E-state index is -0.347. The Morgan fingerprint density at radius 3 is 2.50 bits per heavy atom. The quantitative estimate of drug-likeness (QED) is 0.534. The van der Waals surface area contributed by atoms with E-state index in [1.165, 1.54) is 10.7 Å². The van der Waals surface area contributed by atoms with Gasteiger partial charge in [-0.05, 0) is 55.9 Å². The number of halogens is 1. The van der Waals surface area contributed by atoms with Crippen molar-refractivity contribution in [2.75, 3.05) is 39.4 Å². The highest BCUT2D eigenvalue weighted by atomic mass is 19.1. The van der Waals surface area contributed by atoms with Crippen LogP contribution in [-0.2, 0) is 9.53 Å². The van der Waals surface area contributed by atoms with Gasteiger partial charge in [0.1, 0.15) is 11.3 Å². The summed E-state index contributed by atoms with van der Waals surface area (Å²) in [4.78, 5) is 21.7. The maximum atomic E-state index is 14.7. The number of ether oxygens (including phenoxy) is 1. The highest BCUT2D eigenvalue weighted by molar-refractivity contribution is 5.84. The molecule has 2 aromatic heterocycles. The van der Waals surface area contributed by atoms with Crippen LogP contribution < -0.4 is 0 Å². The molecule has 5 heterocycles. The van der Waals surface area contributed by atoms with Crippen LogP contribution in [0, 0.1) is 11.7 Å². The molecule has 0 saturated carbocycles. The summed E-state index contributed by atoms with van der Waals surface area (Å²) in [6.45, 7) is 8.83. The van der Waals surface area contributed by atoms with Crippen LogP contribution in [0.2, 0.25) is 0 Å². The number of aromatic nitrogens is 4. The standard InChI is InChI=1S/C26H33FN6O3/c1-16(2)22-20-4-3-5-21(27)23(20)33(29-22)26-28-24(36-30-26)17-6-10-31(11-7-17)19-8-12-32(13-9-19)25(34)18-14-35-15-18/h3-5,16-19H,6-15H2,1-2H3. The van der Waals surface area contributed by atoms with Gasteiger partial charge in [-0.1, -0.05) is 26.0 Å². The van der Waals surface area contributed by atoms with Crippen molar-refractivity contribution >= 4 is 16.8 Å². The Morgan fingerprint density at radius 1 is 1.08 bits per heavy atom. The third-order valence-electron chi connectivity index (χ3n) is 8.01. The van der Waals surface area contributed by atoms with Gasteiger partial charge in [-0.3, -0.25) is 4.79 Å². The van der Waals surface area contributed by atoms with Crippen molar-refractivity contribution in [2.45, 2.75) is 57.4 Å². The second kappa shape index (κ2) is 9.55. The molecule has 0 bridgehead atoms. The molecule has 36 heavy (non-hydrogen) atoms. The van der Waals surface area contributed by atoms with Gasteiger partial charge < -0.3 is 19.1 Å². The van der Waals surface area contributed by atoms with Crippen molar-refractivity contribution in [1.29, 1.82) is 0 Å². The number of likely N-dealkylation sites (tertiary alicyclic amines) is 2. The summed E-state index contributed by atoms with van der Waals surface area (Å²) in [5, 5.41) is 9.59. The van der Waals surface area contributed by atoms with E-state index in [1.807, 2.05) is 24.8 Å². The highest BCUT2D eigenvalue weighted by Gasteiger charge is 2.35. The SMILES string of the molecule is CC(C)c1nn(-c2noc(C3CCN(C4CCN(C(=O)C5COC5)CC4)CC3)n2)c2c(F)cccc12. The van der Waals surface area contributed by atoms with E-state index in [-0.39, 0.29) is 35.4 Å². The van der Waals surface area contributed by atoms with Crippen LogP contribution in [0.5, 0.6) is 0 Å². The Labute approximate surface area is 209 Å². The zero-order valence-electron chi connectivity index (χ0n) is 20.9. The average molecular weight is 497 g/mol. The Kier molecular flexibility index (Phi) is 6.25. The summed E-state index contributed by atoms with van der Waals surface area (Å²) in [6, 6.07) is 5.54. The predicted molar refractivity (Wildman–Crippen MR) is 130 cm³/mol. The number of benzene rings is 1. The Bertz CT molecular complexity index is 1240. The number of piperidine rings is 2. The van der Waals surface area contributed by atoms with Crippen LogP contribution in [-0.4, -0.2) is 81.1 Å². The fourth-order valence-corrected chi connectivity index (χ4v) is 5.80. The lowest BCUT2D eigenvalue weighted by atomic mass is 9.93. The molecule has 3 fully saturated rings. The minimum Gasteiger partial charge on any atom is -0.380 e. The molecule has 3 aliphatic rings. The largest absolute Gasteiger partial charge is 0.380 e. The van der Waals surface area contributed by atoms with E-state index < -0.39 is 0 Å². The van der Waals surface area contributed by atoms with Crippen molar-refractivity contribution in [3.05, 3.63) is 35.6 Å². The number of fused-ring (bicyclic) bond motifs is 1. The molecule has 0 spiro atoms. The van der Waals surface area contributed by atoms with Crippen molar-refractivity contribution in [3.63, 3.8) is 0 Å². The molecular weight excluding hydrogens is 463 g/mol. The molecule has 0 unspecified atom stereocenters. The van der Waals surface area contributed by atoms with Gasteiger partial charge in [0, 0.05) is 30.4 Å². The van der Waals surface area contributed by atoms with E-state index >= 15 is 0 Å². The fourth-order valence-electron chi connectivity index (χ4n) is 5.80. The smallest absolute Gasteiger partial charge is 0.291 e. The summed E-state index contributed by atoms with van der Waals surface area (Å²) < 4.78 is 27.1. The van der Waals surface area contributed by atoms with Gasteiger partial charge in [-0.15, -0.1) is 0 Å². The number of nitrogens with zero attached hydrogens (tertiary/aromatic N) is 6. The van der Waals surface area contributed by atoms with Gasteiger partial charge >= 0.3 is 0 Å². The number of rotatable bonds is 5. The Hall–Kier alpha value is -2.85. The van der Waals surface area contributed by atoms with E-state index in [4.69, 9.17) is 9.26 Å². The lowest BCUT2D eigenvalue weighted by molar-refractivity contribution is -0.151. The monoisotopic (exact) mass is 496 g/mol. The summed E-state index contributed by atoms with van der Waals surface area (Å²) in [6.07, 6.45) is 3.91. The maximum Gasteiger partial charge on any atom is 0.291 e. The molecule has 9 nitrogen and oxygen atoms in total. The van der Waals surface area contributed by atoms with E-state index in [9.17, 15) is 9.18 Å². The van der Waals surface area contributed by atoms with Crippen molar-refractivity contribution in [3.8, 4) is 5.95 Å². The van der Waals surface area contributed by atoms with Crippen molar-refractivity contribution in [1.82, 2.24) is 29.7 Å². The lowest BCUT2D eigenvalue weighted by Crippen LogP contribution is -2.52. The average Bonchev–Trinajstić information content (AvgIpc) is 3.49. The third-order valence-corrected chi connectivity index (χ3v) is 8.01. The summed E-state index contributed by atoms with van der Waals surface area (Å²) >= 11 is 0. The molecule has 0 atom stereocenters. The van der Waals surface area contributed by atoms with Crippen LogP contribution in [0.3, 0.4) is 0 Å². The van der Waals surface area contributed by atoms with Gasteiger partial charge in [-0.2, -0.15) is 14.8 Å². The predicted octanol–water partition coefficient (Wildman–Crippen LogP) is 3.49. The number of hydrogen-bond donors (Lipinski definition) is 0. The Morgan fingerprint density at radius 2 is 1.83 bits per heavy atom. The molecule has 3 saturated heterocycles. The molecule has 3 aromatic rings. The summed E-state index contributed by atoms with van der Waals surface area (Å²) in [7, 11) is 0. The summed E-state index contributed by atoms with van der Waals surface area (Å²) in [5.41, 5.74) is 1.20. The minimum absolute atomic E-state index is 0.0739. The van der Waals surface area contributed by atoms with Gasteiger partial charge in [0.25, 0.3) is 5.95 Å². The second-order valence-electron chi connectivity index (χ2n) is 10.6. The third kappa shape index (κ3) is 4.20. The van der Waals surface area contributed by atoms with Gasteiger partial charge in [-0.25, -0.2) is 4.39 Å². The maximum absolute atomic E-state index is 14.7. The summed E-state index contributed by atoms with van der Waals surface area (Å²) in [5.74, 6) is 1.19. The van der Waals surface area contributed by atoms with Crippen LogP contribution in [0.1, 0.15) is 63.0 Å². The molecule has 6 rings (SSSR count). The molecule has 3 aliphatic heterocycles. The molecule has 192 valence electrons. The number of amides is 1. The van der Waals surface area contributed by atoms with Crippen LogP contribution in [0.15, 0.2) is 22.7 Å². The number of carbonyl (C=O) groups excluding carboxylic acids is 1. The second-order valence-corrected chi connectivity index (χ2v) is 10.6. The number of para-hydroxylation sites is 1. The first-order chi connectivity index (χ1) is 17.5. The first kappa shape index (κ1) is 23.5. The molecule has 0 N–H and O–H groups in total. The Balaban J connectivity index is 1.09. The van der Waals surface area contributed by atoms with Crippen LogP contribution in [0.25, 0.3) is 16.9 Å². The lowest BCUT2D eigenvalue weighted by Gasteiger charge is -2.42. The molecular formula is C26H33FN6O3. The normalized spacial score (nSPS) is 20.9. The van der Waals surface area contributed by atoms with E-state index in [0.717, 1.165) is 62.9 Å². The highest BCUT2D eigenvalue weighted by Crippen LogP contribution is 2.32. The van der Waals surface area contributed by atoms with Gasteiger partial charge in [0.05, 0.1) is 24.8 Å². The first-order valence-electron chi connectivity index (χ1n) is 13.1. The molecule has 0 aliphatic carbocycles. The molecule has 0 radical (unpaired) electrons. The fraction of sp³-hybridized carbons (Fsp3) is 0.615. The van der Waals surface area contributed by atoms with E-state index in [0.29, 0.717) is 30.7 Å². The van der Waals surface area contributed by atoms with E-state index in [1.54, 1.807) is 6.07 Å². The van der Waals surface area contributed by atoms with Gasteiger partial charge in [0.15, 0.2) is 0 Å².